The maximum absolute atomic E-state index is 11.9. The Morgan fingerprint density at radius 1 is 1.19 bits per heavy atom. The molecule has 0 atom stereocenters. The van der Waals surface area contributed by atoms with Crippen LogP contribution in [0.5, 0.6) is 0 Å². The molecule has 6 heteroatoms. The van der Waals surface area contributed by atoms with Crippen molar-refractivity contribution < 1.29 is 8.42 Å². The van der Waals surface area contributed by atoms with E-state index in [1.54, 1.807) is 20.2 Å². The van der Waals surface area contributed by atoms with Crippen molar-refractivity contribution in [3.05, 3.63) is 12.7 Å². The molecule has 0 heterocycles. The molecule has 0 fully saturated rings. The van der Waals surface area contributed by atoms with Crippen molar-refractivity contribution in [1.82, 2.24) is 8.61 Å². The Labute approximate surface area is 99.1 Å². The summed E-state index contributed by atoms with van der Waals surface area (Å²) in [6.07, 6.45) is 4.09. The number of nitrogens with zero attached hydrogens (tertiary/aromatic N) is 2. The summed E-state index contributed by atoms with van der Waals surface area (Å²) in [5, 5.41) is 0. The molecule has 0 radical (unpaired) electrons. The average Bonchev–Trinajstić information content (AvgIpc) is 2.25. The largest absolute Gasteiger partial charge is 0.330 e. The topological polar surface area (TPSA) is 66.6 Å². The normalized spacial score (nSPS) is 12.3. The Hall–Kier alpha value is -0.430. The molecule has 0 spiro atoms. The first-order chi connectivity index (χ1) is 7.46. The van der Waals surface area contributed by atoms with Gasteiger partial charge in [0.15, 0.2) is 0 Å². The highest BCUT2D eigenvalue weighted by Gasteiger charge is 2.22. The van der Waals surface area contributed by atoms with Crippen LogP contribution in [0.2, 0.25) is 0 Å². The fourth-order valence-electron chi connectivity index (χ4n) is 1.24. The minimum absolute atomic E-state index is 0.463. The van der Waals surface area contributed by atoms with E-state index < -0.39 is 10.2 Å². The smallest absolute Gasteiger partial charge is 0.281 e. The highest BCUT2D eigenvalue weighted by molar-refractivity contribution is 7.86. The number of hydrogen-bond donors (Lipinski definition) is 1. The SMILES string of the molecule is C=CCCCN(C)S(=O)(=O)N(C)CCCN. The molecule has 96 valence electrons. The van der Waals surface area contributed by atoms with Gasteiger partial charge in [0, 0.05) is 27.2 Å². The van der Waals surface area contributed by atoms with E-state index in [4.69, 9.17) is 5.73 Å². The van der Waals surface area contributed by atoms with Crippen LogP contribution < -0.4 is 5.73 Å². The second-order valence-electron chi connectivity index (χ2n) is 3.72. The fraction of sp³-hybridized carbons (Fsp3) is 0.800. The first kappa shape index (κ1) is 15.6. The van der Waals surface area contributed by atoms with Crippen LogP contribution in [-0.2, 0) is 10.2 Å². The predicted octanol–water partition coefficient (Wildman–Crippen LogP) is 0.410. The summed E-state index contributed by atoms with van der Waals surface area (Å²) in [4.78, 5) is 0. The van der Waals surface area contributed by atoms with Crippen molar-refractivity contribution in [2.45, 2.75) is 19.3 Å². The van der Waals surface area contributed by atoms with Crippen molar-refractivity contribution in [2.75, 3.05) is 33.7 Å². The van der Waals surface area contributed by atoms with Gasteiger partial charge in [-0.15, -0.1) is 6.58 Å². The van der Waals surface area contributed by atoms with Gasteiger partial charge in [-0.05, 0) is 25.8 Å². The summed E-state index contributed by atoms with van der Waals surface area (Å²) >= 11 is 0. The van der Waals surface area contributed by atoms with Gasteiger partial charge in [-0.3, -0.25) is 0 Å². The lowest BCUT2D eigenvalue weighted by Gasteiger charge is -2.24. The molecule has 2 N–H and O–H groups in total. The van der Waals surface area contributed by atoms with Gasteiger partial charge in [0.1, 0.15) is 0 Å². The zero-order chi connectivity index (χ0) is 12.6. The third-order valence-corrected chi connectivity index (χ3v) is 4.29. The molecule has 0 aromatic rings. The summed E-state index contributed by atoms with van der Waals surface area (Å²) in [6.45, 7) is 5.08. The van der Waals surface area contributed by atoms with Crippen LogP contribution in [0.25, 0.3) is 0 Å². The zero-order valence-electron chi connectivity index (χ0n) is 10.2. The first-order valence-electron chi connectivity index (χ1n) is 5.45. The third kappa shape index (κ3) is 5.07. The number of rotatable bonds is 9. The monoisotopic (exact) mass is 249 g/mol. The van der Waals surface area contributed by atoms with Crippen molar-refractivity contribution in [1.29, 1.82) is 0 Å². The van der Waals surface area contributed by atoms with Gasteiger partial charge in [-0.1, -0.05) is 6.08 Å². The Kier molecular flexibility index (Phi) is 7.57. The van der Waals surface area contributed by atoms with Crippen LogP contribution in [-0.4, -0.2) is 50.8 Å². The van der Waals surface area contributed by atoms with E-state index in [1.807, 2.05) is 0 Å². The van der Waals surface area contributed by atoms with Gasteiger partial charge < -0.3 is 5.73 Å². The Morgan fingerprint density at radius 3 is 2.12 bits per heavy atom. The number of nitrogens with two attached hydrogens (primary N) is 1. The minimum atomic E-state index is -3.31. The summed E-state index contributed by atoms with van der Waals surface area (Å²) in [5.41, 5.74) is 5.35. The molecular weight excluding hydrogens is 226 g/mol. The summed E-state index contributed by atoms with van der Waals surface area (Å²) in [7, 11) is -0.142. The molecule has 0 saturated carbocycles. The molecule has 0 rings (SSSR count). The molecule has 0 aliphatic heterocycles. The molecule has 0 aliphatic carbocycles. The predicted molar refractivity (Wildman–Crippen MR) is 67.3 cm³/mol. The highest BCUT2D eigenvalue weighted by Crippen LogP contribution is 2.06. The van der Waals surface area contributed by atoms with E-state index in [2.05, 4.69) is 6.58 Å². The van der Waals surface area contributed by atoms with E-state index in [1.165, 1.54) is 8.61 Å². The van der Waals surface area contributed by atoms with E-state index in [9.17, 15) is 8.42 Å². The van der Waals surface area contributed by atoms with Crippen molar-refractivity contribution in [2.24, 2.45) is 5.73 Å². The Balaban J connectivity index is 4.23. The maximum atomic E-state index is 11.9. The van der Waals surface area contributed by atoms with Crippen LogP contribution in [0, 0.1) is 0 Å². The van der Waals surface area contributed by atoms with Crippen molar-refractivity contribution >= 4 is 10.2 Å². The quantitative estimate of drug-likeness (QED) is 0.475. The highest BCUT2D eigenvalue weighted by atomic mass is 32.2. The molecule has 5 nitrogen and oxygen atoms in total. The van der Waals surface area contributed by atoms with E-state index in [0.29, 0.717) is 26.1 Å². The average molecular weight is 249 g/mol. The molecule has 0 aromatic carbocycles. The standard InChI is InChI=1S/C10H23N3O2S/c1-4-5-6-9-12(2)16(14,15)13(3)10-7-8-11/h4H,1,5-11H2,2-3H3. The van der Waals surface area contributed by atoms with Crippen LogP contribution in [0.4, 0.5) is 0 Å². The summed E-state index contributed by atoms with van der Waals surface area (Å²) in [6, 6.07) is 0. The van der Waals surface area contributed by atoms with Crippen LogP contribution in [0.1, 0.15) is 19.3 Å². The molecule has 0 amide bonds. The molecule has 0 saturated heterocycles. The van der Waals surface area contributed by atoms with E-state index in [-0.39, 0.29) is 0 Å². The van der Waals surface area contributed by atoms with Crippen LogP contribution in [0.3, 0.4) is 0 Å². The number of hydrogen-bond acceptors (Lipinski definition) is 3. The van der Waals surface area contributed by atoms with Crippen molar-refractivity contribution in [3.63, 3.8) is 0 Å². The Morgan fingerprint density at radius 2 is 1.69 bits per heavy atom. The molecule has 0 aliphatic rings. The van der Waals surface area contributed by atoms with E-state index in [0.717, 1.165) is 12.8 Å². The lowest BCUT2D eigenvalue weighted by molar-refractivity contribution is 0.387. The van der Waals surface area contributed by atoms with Gasteiger partial charge in [0.25, 0.3) is 10.2 Å². The van der Waals surface area contributed by atoms with Gasteiger partial charge >= 0.3 is 0 Å². The van der Waals surface area contributed by atoms with Gasteiger partial charge in [0.2, 0.25) is 0 Å². The van der Waals surface area contributed by atoms with E-state index >= 15 is 0 Å². The van der Waals surface area contributed by atoms with Crippen LogP contribution in [0.15, 0.2) is 12.7 Å². The summed E-state index contributed by atoms with van der Waals surface area (Å²) < 4.78 is 26.5. The lowest BCUT2D eigenvalue weighted by atomic mass is 10.3. The molecule has 0 aromatic heterocycles. The first-order valence-corrected chi connectivity index (χ1v) is 6.85. The molecule has 0 unspecified atom stereocenters. The number of allylic oxidation sites excluding steroid dienone is 1. The lowest BCUT2D eigenvalue weighted by Crippen LogP contribution is -2.40. The summed E-state index contributed by atoms with van der Waals surface area (Å²) in [5.74, 6) is 0. The second kappa shape index (κ2) is 7.78. The maximum Gasteiger partial charge on any atom is 0.281 e. The third-order valence-electron chi connectivity index (χ3n) is 2.35. The molecular formula is C10H23N3O2S. The number of unbranched alkanes of at least 4 members (excludes halogenated alkanes) is 1. The second-order valence-corrected chi connectivity index (χ2v) is 5.87. The zero-order valence-corrected chi connectivity index (χ0v) is 11.0. The fourth-order valence-corrected chi connectivity index (χ4v) is 2.44. The van der Waals surface area contributed by atoms with Gasteiger partial charge in [0.05, 0.1) is 0 Å². The van der Waals surface area contributed by atoms with Crippen molar-refractivity contribution in [3.8, 4) is 0 Å². The van der Waals surface area contributed by atoms with Crippen LogP contribution >= 0.6 is 0 Å². The molecule has 16 heavy (non-hydrogen) atoms. The minimum Gasteiger partial charge on any atom is -0.330 e. The van der Waals surface area contributed by atoms with Gasteiger partial charge in [-0.2, -0.15) is 17.0 Å². The molecule has 0 bridgehead atoms. The van der Waals surface area contributed by atoms with Gasteiger partial charge in [-0.25, -0.2) is 0 Å². The Bertz CT molecular complexity index is 290.